The van der Waals surface area contributed by atoms with E-state index in [-0.39, 0.29) is 12.5 Å². The zero-order valence-corrected chi connectivity index (χ0v) is 17.6. The monoisotopic (exact) mass is 411 g/mol. The molecule has 1 amide bonds. The molecule has 0 spiro atoms. The standard InChI is InChI=1S/C20H25N7OS/c1-14-18(29-15(2)25-14)12-23-20(21-3)22-11-16-6-4-7-17(10-16)26-19(28)13-27-9-5-8-24-27/h4-10H,11-13H2,1-3H3,(H,26,28)(H2,21,22,23). The number of amides is 1. The second-order valence-corrected chi connectivity index (χ2v) is 7.76. The molecule has 9 heteroatoms. The van der Waals surface area contributed by atoms with E-state index < -0.39 is 0 Å². The van der Waals surface area contributed by atoms with Crippen LogP contribution in [0.1, 0.15) is 21.1 Å². The summed E-state index contributed by atoms with van der Waals surface area (Å²) in [6.45, 7) is 5.48. The maximum atomic E-state index is 12.1. The van der Waals surface area contributed by atoms with Crippen molar-refractivity contribution in [1.29, 1.82) is 0 Å². The zero-order chi connectivity index (χ0) is 20.6. The lowest BCUT2D eigenvalue weighted by Gasteiger charge is -2.12. The van der Waals surface area contributed by atoms with Gasteiger partial charge in [-0.05, 0) is 37.6 Å². The molecule has 0 bridgehead atoms. The predicted octanol–water partition coefficient (Wildman–Crippen LogP) is 2.46. The van der Waals surface area contributed by atoms with Crippen molar-refractivity contribution in [1.82, 2.24) is 25.4 Å². The number of guanidine groups is 1. The van der Waals surface area contributed by atoms with Crippen LogP contribution < -0.4 is 16.0 Å². The summed E-state index contributed by atoms with van der Waals surface area (Å²) in [5.74, 6) is 0.593. The van der Waals surface area contributed by atoms with Crippen molar-refractivity contribution in [2.24, 2.45) is 4.99 Å². The zero-order valence-electron chi connectivity index (χ0n) is 16.8. The van der Waals surface area contributed by atoms with E-state index in [0.717, 1.165) is 22.0 Å². The van der Waals surface area contributed by atoms with E-state index in [0.29, 0.717) is 19.0 Å². The third kappa shape index (κ3) is 6.15. The Labute approximate surface area is 174 Å². The van der Waals surface area contributed by atoms with Gasteiger partial charge in [0.05, 0.1) is 17.2 Å². The van der Waals surface area contributed by atoms with Crippen LogP contribution in [0.2, 0.25) is 0 Å². The van der Waals surface area contributed by atoms with Crippen molar-refractivity contribution in [3.63, 3.8) is 0 Å². The van der Waals surface area contributed by atoms with Crippen LogP contribution in [0.4, 0.5) is 5.69 Å². The van der Waals surface area contributed by atoms with Gasteiger partial charge in [0.2, 0.25) is 5.91 Å². The summed E-state index contributed by atoms with van der Waals surface area (Å²) in [5.41, 5.74) is 2.84. The highest BCUT2D eigenvalue weighted by Gasteiger charge is 2.07. The van der Waals surface area contributed by atoms with E-state index in [4.69, 9.17) is 0 Å². The highest BCUT2D eigenvalue weighted by atomic mass is 32.1. The molecular formula is C20H25N7OS. The fourth-order valence-electron chi connectivity index (χ4n) is 2.81. The van der Waals surface area contributed by atoms with Gasteiger partial charge >= 0.3 is 0 Å². The van der Waals surface area contributed by atoms with Crippen molar-refractivity contribution >= 4 is 28.9 Å². The van der Waals surface area contributed by atoms with Gasteiger partial charge in [0, 0.05) is 36.6 Å². The maximum Gasteiger partial charge on any atom is 0.246 e. The molecule has 0 saturated heterocycles. The quantitative estimate of drug-likeness (QED) is 0.410. The number of aliphatic imine (C=N–C) groups is 1. The molecule has 0 unspecified atom stereocenters. The lowest BCUT2D eigenvalue weighted by molar-refractivity contribution is -0.116. The molecule has 3 aromatic rings. The van der Waals surface area contributed by atoms with E-state index in [2.05, 4.69) is 31.0 Å². The Balaban J connectivity index is 1.51. The van der Waals surface area contributed by atoms with Gasteiger partial charge in [-0.2, -0.15) is 5.10 Å². The molecule has 0 radical (unpaired) electrons. The van der Waals surface area contributed by atoms with Gasteiger partial charge in [-0.15, -0.1) is 11.3 Å². The first-order chi connectivity index (χ1) is 14.0. The third-order valence-corrected chi connectivity index (χ3v) is 5.25. The van der Waals surface area contributed by atoms with Gasteiger partial charge in [0.15, 0.2) is 5.96 Å². The maximum absolute atomic E-state index is 12.1. The van der Waals surface area contributed by atoms with Crippen molar-refractivity contribution in [2.45, 2.75) is 33.5 Å². The average molecular weight is 412 g/mol. The molecule has 0 atom stereocenters. The van der Waals surface area contributed by atoms with Gasteiger partial charge in [-0.25, -0.2) is 4.98 Å². The van der Waals surface area contributed by atoms with E-state index in [9.17, 15) is 4.79 Å². The number of aromatic nitrogens is 3. The molecule has 0 saturated carbocycles. The number of aryl methyl sites for hydroxylation is 2. The minimum absolute atomic E-state index is 0.119. The first kappa shape index (κ1) is 20.5. The topological polar surface area (TPSA) is 96.2 Å². The van der Waals surface area contributed by atoms with Crippen LogP contribution in [0.25, 0.3) is 0 Å². The molecule has 0 fully saturated rings. The highest BCUT2D eigenvalue weighted by molar-refractivity contribution is 7.11. The molecule has 0 aliphatic rings. The lowest BCUT2D eigenvalue weighted by Crippen LogP contribution is -2.36. The Kier molecular flexibility index (Phi) is 6.96. The van der Waals surface area contributed by atoms with Gasteiger partial charge in [0.1, 0.15) is 6.54 Å². The predicted molar refractivity (Wildman–Crippen MR) is 116 cm³/mol. The van der Waals surface area contributed by atoms with E-state index in [1.807, 2.05) is 38.1 Å². The fourth-order valence-corrected chi connectivity index (χ4v) is 3.69. The lowest BCUT2D eigenvalue weighted by atomic mass is 10.2. The summed E-state index contributed by atoms with van der Waals surface area (Å²) in [4.78, 5) is 22.0. The normalized spacial score (nSPS) is 11.3. The van der Waals surface area contributed by atoms with Crippen LogP contribution >= 0.6 is 11.3 Å². The minimum atomic E-state index is -0.119. The molecule has 1 aromatic carbocycles. The summed E-state index contributed by atoms with van der Waals surface area (Å²) in [7, 11) is 1.74. The van der Waals surface area contributed by atoms with Crippen molar-refractivity contribution in [2.75, 3.05) is 12.4 Å². The SMILES string of the molecule is CN=C(NCc1cccc(NC(=O)Cn2cccn2)c1)NCc1sc(C)nc1C. The Bertz CT molecular complexity index is 979. The molecule has 0 aliphatic carbocycles. The number of thiazole rings is 1. The summed E-state index contributed by atoms with van der Waals surface area (Å²) < 4.78 is 1.59. The summed E-state index contributed by atoms with van der Waals surface area (Å²) in [6, 6.07) is 9.52. The number of carbonyl (C=O) groups is 1. The fraction of sp³-hybridized carbons (Fsp3) is 0.300. The molecule has 3 N–H and O–H groups in total. The van der Waals surface area contributed by atoms with Gasteiger partial charge in [0.25, 0.3) is 0 Å². The molecule has 152 valence electrons. The Morgan fingerprint density at radius 3 is 2.72 bits per heavy atom. The van der Waals surface area contributed by atoms with Crippen molar-refractivity contribution < 1.29 is 4.79 Å². The molecule has 8 nitrogen and oxygen atoms in total. The smallest absolute Gasteiger partial charge is 0.246 e. The summed E-state index contributed by atoms with van der Waals surface area (Å²) >= 11 is 1.69. The van der Waals surface area contributed by atoms with Crippen LogP contribution in [0.5, 0.6) is 0 Å². The second kappa shape index (κ2) is 9.83. The first-order valence-electron chi connectivity index (χ1n) is 9.27. The van der Waals surface area contributed by atoms with Crippen LogP contribution in [-0.4, -0.2) is 33.7 Å². The number of carbonyl (C=O) groups excluding carboxylic acids is 1. The minimum Gasteiger partial charge on any atom is -0.352 e. The average Bonchev–Trinajstić information content (AvgIpc) is 3.31. The van der Waals surface area contributed by atoms with Crippen LogP contribution in [0.3, 0.4) is 0 Å². The highest BCUT2D eigenvalue weighted by Crippen LogP contribution is 2.16. The Morgan fingerprint density at radius 2 is 2.03 bits per heavy atom. The number of nitrogens with one attached hydrogen (secondary N) is 3. The number of rotatable bonds is 7. The van der Waals surface area contributed by atoms with Crippen LogP contribution in [0, 0.1) is 13.8 Å². The van der Waals surface area contributed by atoms with Crippen LogP contribution in [0.15, 0.2) is 47.7 Å². The first-order valence-corrected chi connectivity index (χ1v) is 10.1. The van der Waals surface area contributed by atoms with Gasteiger partial charge in [-0.3, -0.25) is 14.5 Å². The van der Waals surface area contributed by atoms with E-state index in [1.54, 1.807) is 41.5 Å². The largest absolute Gasteiger partial charge is 0.352 e. The van der Waals surface area contributed by atoms with Crippen molar-refractivity contribution in [3.05, 3.63) is 63.9 Å². The molecule has 29 heavy (non-hydrogen) atoms. The molecule has 0 aliphatic heterocycles. The van der Waals surface area contributed by atoms with Gasteiger partial charge in [-0.1, -0.05) is 12.1 Å². The number of hydrogen-bond acceptors (Lipinski definition) is 5. The van der Waals surface area contributed by atoms with E-state index in [1.165, 1.54) is 4.88 Å². The second-order valence-electron chi connectivity index (χ2n) is 6.47. The summed E-state index contributed by atoms with van der Waals surface area (Å²) in [6.07, 6.45) is 3.41. The van der Waals surface area contributed by atoms with Crippen LogP contribution in [-0.2, 0) is 24.4 Å². The van der Waals surface area contributed by atoms with Crippen molar-refractivity contribution in [3.8, 4) is 0 Å². The third-order valence-electron chi connectivity index (χ3n) is 4.18. The number of nitrogens with zero attached hydrogens (tertiary/aromatic N) is 4. The van der Waals surface area contributed by atoms with E-state index >= 15 is 0 Å². The number of anilines is 1. The molecule has 3 rings (SSSR count). The Hall–Kier alpha value is -3.20. The summed E-state index contributed by atoms with van der Waals surface area (Å²) in [5, 5.41) is 14.6. The molecule has 2 aromatic heterocycles. The molecular weight excluding hydrogens is 386 g/mol. The number of benzene rings is 1. The Morgan fingerprint density at radius 1 is 1.21 bits per heavy atom. The number of hydrogen-bond donors (Lipinski definition) is 3. The molecule has 2 heterocycles. The van der Waals surface area contributed by atoms with Gasteiger partial charge < -0.3 is 16.0 Å².